The van der Waals surface area contributed by atoms with Crippen molar-refractivity contribution in [1.29, 1.82) is 0 Å². The molecule has 2 unspecified atom stereocenters. The van der Waals surface area contributed by atoms with Crippen LogP contribution in [-0.2, 0) is 7.05 Å². The molecule has 128 valence electrons. The van der Waals surface area contributed by atoms with Crippen LogP contribution >= 0.6 is 0 Å². The van der Waals surface area contributed by atoms with Crippen LogP contribution < -0.4 is 15.3 Å². The molecule has 0 saturated carbocycles. The number of aryl methyl sites for hydroxylation is 2. The maximum absolute atomic E-state index is 14.7. The minimum atomic E-state index is -0.481. The van der Waals surface area contributed by atoms with Crippen LogP contribution in [0.25, 0.3) is 11.0 Å². The molecule has 2 aliphatic heterocycles. The highest BCUT2D eigenvalue weighted by atomic mass is 19.1. The van der Waals surface area contributed by atoms with Gasteiger partial charge in [0.05, 0.1) is 11.7 Å². The van der Waals surface area contributed by atoms with Gasteiger partial charge in [0.2, 0.25) is 0 Å². The summed E-state index contributed by atoms with van der Waals surface area (Å²) in [5.74, 6) is 0.155. The van der Waals surface area contributed by atoms with E-state index in [2.05, 4.69) is 26.7 Å². The highest BCUT2D eigenvalue weighted by Gasteiger charge is 2.37. The molecule has 2 atom stereocenters. The first-order valence-electron chi connectivity index (χ1n) is 8.05. The molecule has 24 heavy (non-hydrogen) atoms. The van der Waals surface area contributed by atoms with E-state index in [-0.39, 0.29) is 23.5 Å². The SMILES string of the molecule is Cc1nc2c3c(nc(=O)n2C)N2C(C)CN(C)CC2COc3c1F. The molecule has 2 aromatic rings. The molecule has 0 aliphatic carbocycles. The average Bonchev–Trinajstić information content (AvgIpc) is 2.67. The molecular weight excluding hydrogens is 313 g/mol. The summed E-state index contributed by atoms with van der Waals surface area (Å²) >= 11 is 0. The van der Waals surface area contributed by atoms with Crippen molar-refractivity contribution in [2.45, 2.75) is 25.9 Å². The van der Waals surface area contributed by atoms with Crippen molar-refractivity contribution in [3.8, 4) is 5.75 Å². The van der Waals surface area contributed by atoms with Crippen molar-refractivity contribution in [1.82, 2.24) is 19.4 Å². The van der Waals surface area contributed by atoms with Crippen LogP contribution in [0.1, 0.15) is 12.6 Å². The lowest BCUT2D eigenvalue weighted by molar-refractivity contribution is 0.183. The molecule has 0 N–H and O–H groups in total. The van der Waals surface area contributed by atoms with E-state index in [0.29, 0.717) is 23.5 Å². The molecular formula is C16H20FN5O2. The first-order chi connectivity index (χ1) is 11.4. The second-order valence-electron chi connectivity index (χ2n) is 6.76. The van der Waals surface area contributed by atoms with Crippen LogP contribution in [0.15, 0.2) is 4.79 Å². The molecule has 7 nitrogen and oxygen atoms in total. The first-order valence-corrected chi connectivity index (χ1v) is 8.05. The average molecular weight is 333 g/mol. The number of aromatic nitrogens is 3. The predicted octanol–water partition coefficient (Wildman–Crippen LogP) is 0.677. The number of ether oxygens (including phenoxy) is 1. The topological polar surface area (TPSA) is 63.5 Å². The van der Waals surface area contributed by atoms with Crippen molar-refractivity contribution in [3.63, 3.8) is 0 Å². The third-order valence-corrected chi connectivity index (χ3v) is 4.90. The molecule has 4 rings (SSSR count). The van der Waals surface area contributed by atoms with Gasteiger partial charge >= 0.3 is 5.69 Å². The summed E-state index contributed by atoms with van der Waals surface area (Å²) < 4.78 is 21.9. The van der Waals surface area contributed by atoms with E-state index in [4.69, 9.17) is 4.74 Å². The van der Waals surface area contributed by atoms with Crippen molar-refractivity contribution >= 4 is 16.9 Å². The van der Waals surface area contributed by atoms with Crippen molar-refractivity contribution in [2.24, 2.45) is 7.05 Å². The van der Waals surface area contributed by atoms with Gasteiger partial charge in [-0.15, -0.1) is 0 Å². The second kappa shape index (κ2) is 5.14. The van der Waals surface area contributed by atoms with Crippen LogP contribution in [0.4, 0.5) is 10.2 Å². The Bertz CT molecular complexity index is 896. The van der Waals surface area contributed by atoms with Gasteiger partial charge in [0, 0.05) is 26.2 Å². The normalized spacial score (nSPS) is 23.8. The molecule has 8 heteroatoms. The number of hydrogen-bond donors (Lipinski definition) is 0. The fraction of sp³-hybridized carbons (Fsp3) is 0.562. The lowest BCUT2D eigenvalue weighted by atomic mass is 10.1. The van der Waals surface area contributed by atoms with Gasteiger partial charge in [-0.2, -0.15) is 4.98 Å². The number of pyridine rings is 1. The van der Waals surface area contributed by atoms with Crippen LogP contribution in [-0.4, -0.2) is 58.3 Å². The smallest absolute Gasteiger partial charge is 0.350 e. The fourth-order valence-corrected chi connectivity index (χ4v) is 3.83. The minimum absolute atomic E-state index is 0.00802. The Balaban J connectivity index is 2.08. The molecule has 1 saturated heterocycles. The molecule has 0 radical (unpaired) electrons. The second-order valence-corrected chi connectivity index (χ2v) is 6.76. The Morgan fingerprint density at radius 3 is 2.75 bits per heavy atom. The van der Waals surface area contributed by atoms with Gasteiger partial charge in [-0.25, -0.2) is 14.2 Å². The van der Waals surface area contributed by atoms with Crippen LogP contribution in [0.3, 0.4) is 0 Å². The van der Waals surface area contributed by atoms with E-state index in [0.717, 1.165) is 13.1 Å². The van der Waals surface area contributed by atoms with Crippen LogP contribution in [0, 0.1) is 12.7 Å². The molecule has 0 bridgehead atoms. The molecule has 4 heterocycles. The van der Waals surface area contributed by atoms with E-state index in [1.54, 1.807) is 14.0 Å². The Hall–Kier alpha value is -2.22. The summed E-state index contributed by atoms with van der Waals surface area (Å²) in [7, 11) is 3.64. The standard InChI is InChI=1S/C16H20FN5O2/c1-8-5-20(3)6-10-7-24-13-11-14(18-9(2)12(13)17)21(4)16(23)19-15(11)22(8)10/h8,10H,5-7H2,1-4H3. The highest BCUT2D eigenvalue weighted by Crippen LogP contribution is 2.39. The summed E-state index contributed by atoms with van der Waals surface area (Å²) in [4.78, 5) is 25.2. The summed E-state index contributed by atoms with van der Waals surface area (Å²) in [6.07, 6.45) is 0. The number of piperazine rings is 1. The number of fused-ring (bicyclic) bond motifs is 2. The van der Waals surface area contributed by atoms with Gasteiger partial charge in [0.1, 0.15) is 17.8 Å². The largest absolute Gasteiger partial charge is 0.487 e. The minimum Gasteiger partial charge on any atom is -0.487 e. The molecule has 2 aliphatic rings. The fourth-order valence-electron chi connectivity index (χ4n) is 3.83. The third kappa shape index (κ3) is 2.02. The Kier molecular flexibility index (Phi) is 3.28. The molecule has 2 aromatic heterocycles. The number of nitrogens with zero attached hydrogens (tertiary/aromatic N) is 5. The van der Waals surface area contributed by atoms with Gasteiger partial charge < -0.3 is 14.5 Å². The van der Waals surface area contributed by atoms with E-state index in [9.17, 15) is 9.18 Å². The number of likely N-dealkylation sites (N-methyl/N-ethyl adjacent to an activating group) is 1. The Labute approximate surface area is 138 Å². The molecule has 0 amide bonds. The van der Waals surface area contributed by atoms with Gasteiger partial charge in [-0.05, 0) is 20.9 Å². The zero-order valence-corrected chi connectivity index (χ0v) is 14.2. The zero-order valence-electron chi connectivity index (χ0n) is 14.2. The van der Waals surface area contributed by atoms with Crippen molar-refractivity contribution in [2.75, 3.05) is 31.6 Å². The molecule has 0 aromatic carbocycles. The molecule has 1 fully saturated rings. The van der Waals surface area contributed by atoms with E-state index >= 15 is 0 Å². The number of rotatable bonds is 0. The van der Waals surface area contributed by atoms with Gasteiger partial charge in [-0.1, -0.05) is 0 Å². The number of halogens is 1. The van der Waals surface area contributed by atoms with Gasteiger partial charge in [0.15, 0.2) is 17.2 Å². The summed E-state index contributed by atoms with van der Waals surface area (Å²) in [5, 5.41) is 0.485. The summed E-state index contributed by atoms with van der Waals surface area (Å²) in [6.45, 7) is 5.61. The van der Waals surface area contributed by atoms with Gasteiger partial charge in [0.25, 0.3) is 0 Å². The van der Waals surface area contributed by atoms with E-state index < -0.39 is 11.5 Å². The summed E-state index contributed by atoms with van der Waals surface area (Å²) in [5.41, 5.74) is 0.231. The van der Waals surface area contributed by atoms with Crippen LogP contribution in [0.5, 0.6) is 5.75 Å². The maximum Gasteiger partial charge on any atom is 0.350 e. The van der Waals surface area contributed by atoms with E-state index in [1.807, 2.05) is 7.05 Å². The third-order valence-electron chi connectivity index (χ3n) is 4.90. The van der Waals surface area contributed by atoms with Crippen molar-refractivity contribution < 1.29 is 9.13 Å². The maximum atomic E-state index is 14.7. The van der Waals surface area contributed by atoms with Gasteiger partial charge in [-0.3, -0.25) is 4.57 Å². The molecule has 0 spiro atoms. The highest BCUT2D eigenvalue weighted by molar-refractivity contribution is 5.94. The first kappa shape index (κ1) is 15.3. The zero-order chi connectivity index (χ0) is 17.2. The Morgan fingerprint density at radius 1 is 1.25 bits per heavy atom. The van der Waals surface area contributed by atoms with Crippen LogP contribution in [0.2, 0.25) is 0 Å². The summed E-state index contributed by atoms with van der Waals surface area (Å²) in [6, 6.07) is 0.143. The van der Waals surface area contributed by atoms with Crippen molar-refractivity contribution in [3.05, 3.63) is 22.0 Å². The predicted molar refractivity (Wildman–Crippen MR) is 88.2 cm³/mol. The number of hydrogen-bond acceptors (Lipinski definition) is 6. The van der Waals surface area contributed by atoms with E-state index in [1.165, 1.54) is 4.57 Å². The lowest BCUT2D eigenvalue weighted by Crippen LogP contribution is -2.59. The monoisotopic (exact) mass is 333 g/mol. The lowest BCUT2D eigenvalue weighted by Gasteiger charge is -2.44. The quantitative estimate of drug-likeness (QED) is 0.706. The Morgan fingerprint density at radius 2 is 2.00 bits per heavy atom. The number of anilines is 1.